The second kappa shape index (κ2) is 5.68. The highest BCUT2D eigenvalue weighted by molar-refractivity contribution is 5.76. The predicted octanol–water partition coefficient (Wildman–Crippen LogP) is 3.16. The van der Waals surface area contributed by atoms with Gasteiger partial charge in [-0.05, 0) is 29.8 Å². The van der Waals surface area contributed by atoms with Crippen molar-refractivity contribution in [1.82, 2.24) is 9.55 Å². The van der Waals surface area contributed by atoms with E-state index in [-0.39, 0.29) is 0 Å². The van der Waals surface area contributed by atoms with Crippen LogP contribution in [0.3, 0.4) is 0 Å². The van der Waals surface area contributed by atoms with Gasteiger partial charge < -0.3 is 9.30 Å². The van der Waals surface area contributed by atoms with Gasteiger partial charge in [0.25, 0.3) is 0 Å². The largest absolute Gasteiger partial charge is 0.497 e. The summed E-state index contributed by atoms with van der Waals surface area (Å²) in [7, 11) is 1.66. The van der Waals surface area contributed by atoms with Crippen molar-refractivity contribution in [2.24, 2.45) is 0 Å². The Morgan fingerprint density at radius 1 is 1.19 bits per heavy atom. The van der Waals surface area contributed by atoms with E-state index in [4.69, 9.17) is 10.00 Å². The van der Waals surface area contributed by atoms with Crippen molar-refractivity contribution in [3.8, 4) is 11.8 Å². The predicted molar refractivity (Wildman–Crippen MR) is 81.1 cm³/mol. The summed E-state index contributed by atoms with van der Waals surface area (Å²) >= 11 is 0. The smallest absolute Gasteiger partial charge is 0.124 e. The molecule has 0 atom stereocenters. The molecule has 0 saturated heterocycles. The molecule has 0 fully saturated rings. The number of ether oxygens (including phenoxy) is 1. The Hall–Kier alpha value is -2.80. The monoisotopic (exact) mass is 277 g/mol. The molecule has 4 heteroatoms. The number of para-hydroxylation sites is 2. The third-order valence-electron chi connectivity index (χ3n) is 3.45. The van der Waals surface area contributed by atoms with Crippen LogP contribution in [0.2, 0.25) is 0 Å². The van der Waals surface area contributed by atoms with Crippen LogP contribution in [0.15, 0.2) is 48.5 Å². The molecule has 0 aliphatic rings. The van der Waals surface area contributed by atoms with Gasteiger partial charge in [-0.15, -0.1) is 0 Å². The molecule has 0 amide bonds. The third-order valence-corrected chi connectivity index (χ3v) is 3.45. The van der Waals surface area contributed by atoms with Crippen molar-refractivity contribution in [1.29, 1.82) is 5.26 Å². The van der Waals surface area contributed by atoms with Gasteiger partial charge in [-0.1, -0.05) is 24.3 Å². The Balaban J connectivity index is 2.06. The number of hydrogen-bond donors (Lipinski definition) is 0. The molecule has 3 aromatic rings. The van der Waals surface area contributed by atoms with E-state index in [2.05, 4.69) is 15.6 Å². The first-order chi connectivity index (χ1) is 10.3. The van der Waals surface area contributed by atoms with Crippen LogP contribution >= 0.6 is 0 Å². The van der Waals surface area contributed by atoms with Gasteiger partial charge in [0, 0.05) is 6.54 Å². The molecule has 0 saturated carbocycles. The maximum absolute atomic E-state index is 8.99. The summed E-state index contributed by atoms with van der Waals surface area (Å²) in [6.45, 7) is 0.675. The highest BCUT2D eigenvalue weighted by Crippen LogP contribution is 2.20. The summed E-state index contributed by atoms with van der Waals surface area (Å²) in [6, 6.07) is 18.1. The van der Waals surface area contributed by atoms with Gasteiger partial charge in [-0.3, -0.25) is 0 Å². The van der Waals surface area contributed by atoms with E-state index in [0.717, 1.165) is 28.2 Å². The molecule has 2 aromatic carbocycles. The van der Waals surface area contributed by atoms with Gasteiger partial charge >= 0.3 is 0 Å². The third kappa shape index (κ3) is 2.59. The van der Waals surface area contributed by atoms with Crippen LogP contribution in [0.4, 0.5) is 0 Å². The molecule has 0 bridgehead atoms. The zero-order valence-electron chi connectivity index (χ0n) is 11.8. The lowest BCUT2D eigenvalue weighted by Gasteiger charge is -2.09. The number of hydrogen-bond acceptors (Lipinski definition) is 3. The maximum atomic E-state index is 8.99. The molecule has 1 heterocycles. The number of nitriles is 1. The Bertz CT molecular complexity index is 814. The highest BCUT2D eigenvalue weighted by Gasteiger charge is 2.10. The number of imidazole rings is 1. The normalized spacial score (nSPS) is 10.5. The lowest BCUT2D eigenvalue weighted by Crippen LogP contribution is -2.05. The average molecular weight is 277 g/mol. The van der Waals surface area contributed by atoms with Gasteiger partial charge in [0.05, 0.1) is 30.6 Å². The second-order valence-corrected chi connectivity index (χ2v) is 4.79. The lowest BCUT2D eigenvalue weighted by molar-refractivity contribution is 0.414. The molecule has 0 N–H and O–H groups in total. The van der Waals surface area contributed by atoms with E-state index >= 15 is 0 Å². The van der Waals surface area contributed by atoms with Crippen LogP contribution in [0.25, 0.3) is 11.0 Å². The minimum Gasteiger partial charge on any atom is -0.497 e. The van der Waals surface area contributed by atoms with Crippen LogP contribution in [-0.2, 0) is 13.0 Å². The fourth-order valence-electron chi connectivity index (χ4n) is 2.46. The van der Waals surface area contributed by atoms with Gasteiger partial charge in [0.15, 0.2) is 0 Å². The molecule has 3 rings (SSSR count). The van der Waals surface area contributed by atoms with Crippen LogP contribution in [0.5, 0.6) is 5.75 Å². The zero-order valence-corrected chi connectivity index (χ0v) is 11.8. The van der Waals surface area contributed by atoms with E-state index in [1.54, 1.807) is 7.11 Å². The topological polar surface area (TPSA) is 50.8 Å². The summed E-state index contributed by atoms with van der Waals surface area (Å²) < 4.78 is 7.35. The van der Waals surface area contributed by atoms with Crippen molar-refractivity contribution < 1.29 is 4.74 Å². The van der Waals surface area contributed by atoms with E-state index in [0.29, 0.717) is 13.0 Å². The summed E-state index contributed by atoms with van der Waals surface area (Å²) in [5.74, 6) is 1.63. The first kappa shape index (κ1) is 13.2. The van der Waals surface area contributed by atoms with Crippen LogP contribution in [0, 0.1) is 11.3 Å². The lowest BCUT2D eigenvalue weighted by atomic mass is 10.2. The van der Waals surface area contributed by atoms with Crippen LogP contribution < -0.4 is 4.74 Å². The fraction of sp³-hybridized carbons (Fsp3) is 0.176. The van der Waals surface area contributed by atoms with Gasteiger partial charge in [-0.25, -0.2) is 4.98 Å². The molecule has 0 aliphatic carbocycles. The van der Waals surface area contributed by atoms with Crippen molar-refractivity contribution in [3.63, 3.8) is 0 Å². The first-order valence-corrected chi connectivity index (χ1v) is 6.76. The van der Waals surface area contributed by atoms with E-state index < -0.39 is 0 Å². The molecule has 4 nitrogen and oxygen atoms in total. The van der Waals surface area contributed by atoms with Crippen molar-refractivity contribution in [3.05, 3.63) is 59.9 Å². The summed E-state index contributed by atoms with van der Waals surface area (Å²) in [5.41, 5.74) is 3.09. The van der Waals surface area contributed by atoms with E-state index in [1.807, 2.05) is 48.5 Å². The first-order valence-electron chi connectivity index (χ1n) is 6.76. The minimum absolute atomic E-state index is 0.304. The molecule has 1 aromatic heterocycles. The minimum atomic E-state index is 0.304. The van der Waals surface area contributed by atoms with Crippen molar-refractivity contribution >= 4 is 11.0 Å². The Labute approximate surface area is 123 Å². The van der Waals surface area contributed by atoms with Crippen molar-refractivity contribution in [2.45, 2.75) is 13.0 Å². The van der Waals surface area contributed by atoms with E-state index in [9.17, 15) is 0 Å². The number of nitrogens with zero attached hydrogens (tertiary/aromatic N) is 3. The zero-order chi connectivity index (χ0) is 14.7. The summed E-state index contributed by atoms with van der Waals surface area (Å²) in [4.78, 5) is 4.55. The number of benzene rings is 2. The maximum Gasteiger partial charge on any atom is 0.124 e. The molecular weight excluding hydrogens is 262 g/mol. The van der Waals surface area contributed by atoms with Gasteiger partial charge in [0.2, 0.25) is 0 Å². The van der Waals surface area contributed by atoms with Gasteiger partial charge in [0.1, 0.15) is 11.6 Å². The number of methoxy groups -OCH3 is 1. The number of aromatic nitrogens is 2. The van der Waals surface area contributed by atoms with Crippen molar-refractivity contribution in [2.75, 3.05) is 7.11 Å². The SMILES string of the molecule is COc1cccc(Cn2c(CC#N)nc3ccccc32)c1. The number of rotatable bonds is 4. The second-order valence-electron chi connectivity index (χ2n) is 4.79. The standard InChI is InChI=1S/C17H15N3O/c1-21-14-6-4-5-13(11-14)12-20-16-8-3-2-7-15(16)19-17(20)9-10-18/h2-8,11H,9,12H2,1H3. The molecule has 0 spiro atoms. The molecule has 104 valence electrons. The number of fused-ring (bicyclic) bond motifs is 1. The average Bonchev–Trinajstić information content (AvgIpc) is 2.86. The Kier molecular flexibility index (Phi) is 3.57. The van der Waals surface area contributed by atoms with Crippen LogP contribution in [0.1, 0.15) is 11.4 Å². The highest BCUT2D eigenvalue weighted by atomic mass is 16.5. The summed E-state index contributed by atoms with van der Waals surface area (Å²) in [5, 5.41) is 8.99. The molecule has 0 aliphatic heterocycles. The quantitative estimate of drug-likeness (QED) is 0.736. The molecule has 21 heavy (non-hydrogen) atoms. The fourth-order valence-corrected chi connectivity index (χ4v) is 2.46. The molecular formula is C17H15N3O. The Morgan fingerprint density at radius 2 is 2.05 bits per heavy atom. The van der Waals surface area contributed by atoms with Gasteiger partial charge in [-0.2, -0.15) is 5.26 Å². The molecule has 0 radical (unpaired) electrons. The Morgan fingerprint density at radius 3 is 2.86 bits per heavy atom. The summed E-state index contributed by atoms with van der Waals surface area (Å²) in [6.07, 6.45) is 0.304. The van der Waals surface area contributed by atoms with Crippen LogP contribution in [-0.4, -0.2) is 16.7 Å². The molecule has 0 unspecified atom stereocenters. The van der Waals surface area contributed by atoms with E-state index in [1.165, 1.54) is 0 Å².